The number of nitrogens with zero attached hydrogens (tertiary/aromatic N) is 1. The number of halogens is 1. The third-order valence-electron chi connectivity index (χ3n) is 4.21. The summed E-state index contributed by atoms with van der Waals surface area (Å²) in [4.78, 5) is 26.6. The van der Waals surface area contributed by atoms with Crippen molar-refractivity contribution in [2.45, 2.75) is 32.4 Å². The zero-order valence-corrected chi connectivity index (χ0v) is 14.2. The van der Waals surface area contributed by atoms with Crippen molar-refractivity contribution < 1.29 is 9.59 Å². The molecule has 0 fully saturated rings. The Kier molecular flexibility index (Phi) is 4.86. The summed E-state index contributed by atoms with van der Waals surface area (Å²) in [6, 6.07) is 14.6. The fraction of sp³-hybridized carbons (Fsp3) is 0.263. The summed E-state index contributed by atoms with van der Waals surface area (Å²) >= 11 is 5.97. The largest absolute Gasteiger partial charge is 0.350 e. The Morgan fingerprint density at radius 3 is 2.75 bits per heavy atom. The van der Waals surface area contributed by atoms with Crippen LogP contribution in [0.4, 0.5) is 5.69 Å². The Morgan fingerprint density at radius 1 is 1.21 bits per heavy atom. The zero-order valence-electron chi connectivity index (χ0n) is 13.5. The standard InChI is InChI=1S/C19H19ClN2O2/c1-2-18(23)22-16-9-4-3-7-14(16)11-17(22)19(24)21-12-13-6-5-8-15(20)10-13/h3-10,17H,2,11-12H2,1H3,(H,21,24)/t17-/m0/s1. The third kappa shape index (κ3) is 3.29. The van der Waals surface area contributed by atoms with Gasteiger partial charge >= 0.3 is 0 Å². The molecular weight excluding hydrogens is 324 g/mol. The molecule has 4 nitrogen and oxygen atoms in total. The molecule has 0 saturated carbocycles. The minimum Gasteiger partial charge on any atom is -0.350 e. The second kappa shape index (κ2) is 7.05. The van der Waals surface area contributed by atoms with Gasteiger partial charge < -0.3 is 5.32 Å². The highest BCUT2D eigenvalue weighted by molar-refractivity contribution is 6.30. The first-order chi connectivity index (χ1) is 11.6. The number of amides is 2. The van der Waals surface area contributed by atoms with E-state index < -0.39 is 6.04 Å². The molecule has 1 atom stereocenters. The van der Waals surface area contributed by atoms with Crippen molar-refractivity contribution in [2.75, 3.05) is 4.90 Å². The first-order valence-corrected chi connectivity index (χ1v) is 8.40. The number of fused-ring (bicyclic) bond motifs is 1. The van der Waals surface area contributed by atoms with Crippen LogP contribution in [0, 0.1) is 0 Å². The monoisotopic (exact) mass is 342 g/mol. The van der Waals surface area contributed by atoms with Crippen LogP contribution in [-0.2, 0) is 22.6 Å². The van der Waals surface area contributed by atoms with Crippen LogP contribution in [-0.4, -0.2) is 17.9 Å². The Balaban J connectivity index is 1.75. The number of carbonyl (C=O) groups excluding carboxylic acids is 2. The summed E-state index contributed by atoms with van der Waals surface area (Å²) in [7, 11) is 0. The molecule has 0 spiro atoms. The van der Waals surface area contributed by atoms with Crippen molar-refractivity contribution in [3.8, 4) is 0 Å². The van der Waals surface area contributed by atoms with E-state index in [-0.39, 0.29) is 11.8 Å². The summed E-state index contributed by atoms with van der Waals surface area (Å²) in [5, 5.41) is 3.56. The lowest BCUT2D eigenvalue weighted by Crippen LogP contribution is -2.47. The average Bonchev–Trinajstić information content (AvgIpc) is 2.98. The molecule has 2 amide bonds. The minimum atomic E-state index is -0.492. The number of hydrogen-bond donors (Lipinski definition) is 1. The minimum absolute atomic E-state index is 0.0390. The molecule has 1 N–H and O–H groups in total. The Hall–Kier alpha value is -2.33. The maximum absolute atomic E-state index is 12.7. The Bertz CT molecular complexity index is 775. The van der Waals surface area contributed by atoms with Gasteiger partial charge in [-0.25, -0.2) is 0 Å². The van der Waals surface area contributed by atoms with Gasteiger partial charge in [0.15, 0.2) is 0 Å². The highest BCUT2D eigenvalue weighted by Crippen LogP contribution is 2.32. The molecule has 3 rings (SSSR count). The molecule has 5 heteroatoms. The lowest BCUT2D eigenvalue weighted by molar-refractivity contribution is -0.126. The van der Waals surface area contributed by atoms with Crippen LogP contribution in [0.15, 0.2) is 48.5 Å². The fourth-order valence-electron chi connectivity index (χ4n) is 3.03. The first kappa shape index (κ1) is 16.5. The second-order valence-corrected chi connectivity index (χ2v) is 6.25. The van der Waals surface area contributed by atoms with Gasteiger partial charge in [0.05, 0.1) is 0 Å². The Labute approximate surface area is 146 Å². The maximum atomic E-state index is 12.7. The van der Waals surface area contributed by atoms with E-state index in [4.69, 9.17) is 11.6 Å². The van der Waals surface area contributed by atoms with Crippen LogP contribution >= 0.6 is 11.6 Å². The highest BCUT2D eigenvalue weighted by Gasteiger charge is 2.37. The van der Waals surface area contributed by atoms with Gasteiger partial charge in [0.1, 0.15) is 6.04 Å². The predicted molar refractivity (Wildman–Crippen MR) is 95.0 cm³/mol. The highest BCUT2D eigenvalue weighted by atomic mass is 35.5. The molecule has 0 aliphatic carbocycles. The molecule has 2 aromatic rings. The summed E-state index contributed by atoms with van der Waals surface area (Å²) in [6.07, 6.45) is 0.912. The number of benzene rings is 2. The first-order valence-electron chi connectivity index (χ1n) is 8.02. The van der Waals surface area contributed by atoms with E-state index >= 15 is 0 Å². The van der Waals surface area contributed by atoms with E-state index in [2.05, 4.69) is 5.32 Å². The molecule has 1 heterocycles. The van der Waals surface area contributed by atoms with Gasteiger partial charge in [0.2, 0.25) is 11.8 Å². The lowest BCUT2D eigenvalue weighted by atomic mass is 10.1. The van der Waals surface area contributed by atoms with Gasteiger partial charge in [-0.2, -0.15) is 0 Å². The molecular formula is C19H19ClN2O2. The summed E-state index contributed by atoms with van der Waals surface area (Å²) in [6.45, 7) is 2.20. The molecule has 0 bridgehead atoms. The van der Waals surface area contributed by atoms with Crippen molar-refractivity contribution in [3.05, 3.63) is 64.7 Å². The van der Waals surface area contributed by atoms with Gasteiger partial charge in [0, 0.05) is 30.1 Å². The maximum Gasteiger partial charge on any atom is 0.243 e. The van der Waals surface area contributed by atoms with Gasteiger partial charge in [-0.3, -0.25) is 14.5 Å². The fourth-order valence-corrected chi connectivity index (χ4v) is 3.24. The van der Waals surface area contributed by atoms with Crippen molar-refractivity contribution in [1.29, 1.82) is 0 Å². The molecule has 0 saturated heterocycles. The molecule has 124 valence electrons. The Morgan fingerprint density at radius 2 is 2.00 bits per heavy atom. The van der Waals surface area contributed by atoms with E-state index in [0.29, 0.717) is 24.4 Å². The van der Waals surface area contributed by atoms with Crippen LogP contribution in [0.2, 0.25) is 5.02 Å². The van der Waals surface area contributed by atoms with Crippen molar-refractivity contribution in [2.24, 2.45) is 0 Å². The topological polar surface area (TPSA) is 49.4 Å². The molecule has 0 unspecified atom stereocenters. The van der Waals surface area contributed by atoms with Crippen LogP contribution < -0.4 is 10.2 Å². The molecule has 1 aliphatic heterocycles. The predicted octanol–water partition coefficient (Wildman–Crippen LogP) is 3.32. The van der Waals surface area contributed by atoms with Gasteiger partial charge in [-0.05, 0) is 29.3 Å². The van der Waals surface area contributed by atoms with Crippen LogP contribution in [0.3, 0.4) is 0 Å². The quantitative estimate of drug-likeness (QED) is 0.926. The molecule has 1 aliphatic rings. The third-order valence-corrected chi connectivity index (χ3v) is 4.44. The SMILES string of the molecule is CCC(=O)N1c2ccccc2C[C@H]1C(=O)NCc1cccc(Cl)c1. The van der Waals surface area contributed by atoms with Gasteiger partial charge in [-0.1, -0.05) is 48.9 Å². The van der Waals surface area contributed by atoms with Gasteiger partial charge in [0.25, 0.3) is 0 Å². The molecule has 2 aromatic carbocycles. The van der Waals surface area contributed by atoms with Crippen LogP contribution in [0.25, 0.3) is 0 Å². The summed E-state index contributed by atoms with van der Waals surface area (Å²) in [5.41, 5.74) is 2.80. The second-order valence-electron chi connectivity index (χ2n) is 5.81. The molecule has 24 heavy (non-hydrogen) atoms. The number of carbonyl (C=O) groups is 2. The van der Waals surface area contributed by atoms with E-state index in [1.807, 2.05) is 49.4 Å². The summed E-state index contributed by atoms with van der Waals surface area (Å²) < 4.78 is 0. The number of hydrogen-bond acceptors (Lipinski definition) is 2. The van der Waals surface area contributed by atoms with Crippen molar-refractivity contribution in [3.63, 3.8) is 0 Å². The number of nitrogens with one attached hydrogen (secondary N) is 1. The van der Waals surface area contributed by atoms with Crippen molar-refractivity contribution in [1.82, 2.24) is 5.32 Å². The molecule has 0 aromatic heterocycles. The number of para-hydroxylation sites is 1. The van der Waals surface area contributed by atoms with E-state index in [0.717, 1.165) is 16.8 Å². The summed E-state index contributed by atoms with van der Waals surface area (Å²) in [5.74, 6) is -0.184. The van der Waals surface area contributed by atoms with E-state index in [1.54, 1.807) is 11.0 Å². The smallest absolute Gasteiger partial charge is 0.243 e. The number of rotatable bonds is 4. The van der Waals surface area contributed by atoms with Crippen LogP contribution in [0.1, 0.15) is 24.5 Å². The zero-order chi connectivity index (χ0) is 17.1. The normalized spacial score (nSPS) is 15.9. The lowest BCUT2D eigenvalue weighted by Gasteiger charge is -2.24. The van der Waals surface area contributed by atoms with E-state index in [1.165, 1.54) is 0 Å². The van der Waals surface area contributed by atoms with E-state index in [9.17, 15) is 9.59 Å². The molecule has 0 radical (unpaired) electrons. The van der Waals surface area contributed by atoms with Gasteiger partial charge in [-0.15, -0.1) is 0 Å². The van der Waals surface area contributed by atoms with Crippen molar-refractivity contribution >= 4 is 29.1 Å². The van der Waals surface area contributed by atoms with Crippen LogP contribution in [0.5, 0.6) is 0 Å². The number of anilines is 1. The average molecular weight is 343 g/mol.